The molecule has 1 aromatic heterocycles. The molecular formula is C17H21ClN2O. The highest BCUT2D eigenvalue weighted by atomic mass is 35.5. The normalized spacial score (nSPS) is 10.6. The Morgan fingerprint density at radius 1 is 1.14 bits per heavy atom. The Kier molecular flexibility index (Phi) is 6.03. The molecule has 1 aromatic carbocycles. The molecule has 1 heterocycles. The standard InChI is InChI=1S/C17H21ClN2O/c1-3-10-19-11-16-17(9-4-13(2)20-16)21-12-14-5-7-15(18)8-6-14/h4-9,19H,3,10-12H2,1-2H3. The molecule has 2 aromatic rings. The number of nitrogens with one attached hydrogen (secondary N) is 1. The zero-order valence-electron chi connectivity index (χ0n) is 12.5. The van der Waals surface area contributed by atoms with E-state index in [4.69, 9.17) is 16.3 Å². The number of aromatic nitrogens is 1. The number of nitrogens with zero attached hydrogens (tertiary/aromatic N) is 1. The molecule has 0 radical (unpaired) electrons. The lowest BCUT2D eigenvalue weighted by Gasteiger charge is -2.12. The lowest BCUT2D eigenvalue weighted by molar-refractivity contribution is 0.300. The van der Waals surface area contributed by atoms with Crippen LogP contribution >= 0.6 is 11.6 Å². The zero-order valence-corrected chi connectivity index (χ0v) is 13.3. The SMILES string of the molecule is CCCNCc1nc(C)ccc1OCc1ccc(Cl)cc1. The molecule has 0 spiro atoms. The summed E-state index contributed by atoms with van der Waals surface area (Å²) in [6.45, 7) is 6.36. The van der Waals surface area contributed by atoms with E-state index in [-0.39, 0.29) is 0 Å². The number of pyridine rings is 1. The van der Waals surface area contributed by atoms with Crippen LogP contribution < -0.4 is 10.1 Å². The highest BCUT2D eigenvalue weighted by Crippen LogP contribution is 2.19. The molecule has 0 aliphatic carbocycles. The fraction of sp³-hybridized carbons (Fsp3) is 0.353. The number of rotatable bonds is 7. The maximum atomic E-state index is 5.90. The van der Waals surface area contributed by atoms with Gasteiger partial charge in [-0.05, 0) is 49.7 Å². The quantitative estimate of drug-likeness (QED) is 0.781. The Morgan fingerprint density at radius 3 is 2.62 bits per heavy atom. The first kappa shape index (κ1) is 15.8. The molecule has 3 nitrogen and oxygen atoms in total. The van der Waals surface area contributed by atoms with E-state index in [1.54, 1.807) is 0 Å². The molecule has 0 unspecified atom stereocenters. The molecule has 0 amide bonds. The summed E-state index contributed by atoms with van der Waals surface area (Å²) in [4.78, 5) is 4.56. The Morgan fingerprint density at radius 2 is 1.90 bits per heavy atom. The van der Waals surface area contributed by atoms with Gasteiger partial charge in [-0.3, -0.25) is 4.98 Å². The average molecular weight is 305 g/mol. The second-order valence-electron chi connectivity index (χ2n) is 4.99. The van der Waals surface area contributed by atoms with E-state index in [9.17, 15) is 0 Å². The molecule has 0 atom stereocenters. The molecule has 112 valence electrons. The molecule has 0 fully saturated rings. The van der Waals surface area contributed by atoms with Crippen molar-refractivity contribution in [2.24, 2.45) is 0 Å². The number of hydrogen-bond acceptors (Lipinski definition) is 3. The number of halogens is 1. The molecule has 0 saturated heterocycles. The van der Waals surface area contributed by atoms with Crippen molar-refractivity contribution in [2.75, 3.05) is 6.54 Å². The van der Waals surface area contributed by atoms with Crippen LogP contribution in [0.2, 0.25) is 5.02 Å². The van der Waals surface area contributed by atoms with Crippen molar-refractivity contribution in [1.29, 1.82) is 0 Å². The van der Waals surface area contributed by atoms with Crippen molar-refractivity contribution in [3.8, 4) is 5.75 Å². The minimum atomic E-state index is 0.517. The van der Waals surface area contributed by atoms with Crippen molar-refractivity contribution < 1.29 is 4.74 Å². The fourth-order valence-corrected chi connectivity index (χ4v) is 2.11. The second kappa shape index (κ2) is 8.01. The molecular weight excluding hydrogens is 284 g/mol. The minimum absolute atomic E-state index is 0.517. The predicted octanol–water partition coefficient (Wildman–Crippen LogP) is 4.12. The number of hydrogen-bond donors (Lipinski definition) is 1. The summed E-state index contributed by atoms with van der Waals surface area (Å²) < 4.78 is 5.90. The van der Waals surface area contributed by atoms with Gasteiger partial charge in [0.15, 0.2) is 0 Å². The van der Waals surface area contributed by atoms with Crippen molar-refractivity contribution in [3.05, 3.63) is 58.4 Å². The molecule has 1 N–H and O–H groups in total. The Labute approximate surface area is 131 Å². The van der Waals surface area contributed by atoms with Gasteiger partial charge in [0.1, 0.15) is 12.4 Å². The van der Waals surface area contributed by atoms with Crippen molar-refractivity contribution >= 4 is 11.6 Å². The van der Waals surface area contributed by atoms with Crippen molar-refractivity contribution in [1.82, 2.24) is 10.3 Å². The third kappa shape index (κ3) is 5.03. The van der Waals surface area contributed by atoms with Crippen molar-refractivity contribution in [3.63, 3.8) is 0 Å². The van der Waals surface area contributed by atoms with Gasteiger partial charge in [-0.25, -0.2) is 0 Å². The molecule has 0 bridgehead atoms. The van der Waals surface area contributed by atoms with E-state index >= 15 is 0 Å². The first-order chi connectivity index (χ1) is 10.2. The Bertz CT molecular complexity index is 570. The van der Waals surface area contributed by atoms with E-state index in [1.807, 2.05) is 43.3 Å². The van der Waals surface area contributed by atoms with Crippen LogP contribution in [0.4, 0.5) is 0 Å². The summed E-state index contributed by atoms with van der Waals surface area (Å²) in [5.41, 5.74) is 3.05. The summed E-state index contributed by atoms with van der Waals surface area (Å²) in [5.74, 6) is 0.833. The van der Waals surface area contributed by atoms with Gasteiger partial charge in [0.25, 0.3) is 0 Å². The molecule has 4 heteroatoms. The summed E-state index contributed by atoms with van der Waals surface area (Å²) in [6, 6.07) is 11.6. The van der Waals surface area contributed by atoms with Crippen molar-refractivity contribution in [2.45, 2.75) is 33.4 Å². The summed E-state index contributed by atoms with van der Waals surface area (Å²) in [5, 5.41) is 4.10. The minimum Gasteiger partial charge on any atom is -0.487 e. The van der Waals surface area contributed by atoms with E-state index in [1.165, 1.54) is 0 Å². The van der Waals surface area contributed by atoms with Crippen LogP contribution in [0.1, 0.15) is 30.3 Å². The van der Waals surface area contributed by atoms with Crippen LogP contribution in [0.3, 0.4) is 0 Å². The van der Waals surface area contributed by atoms with Crippen LogP contribution in [0.25, 0.3) is 0 Å². The first-order valence-electron chi connectivity index (χ1n) is 7.23. The van der Waals surface area contributed by atoms with Gasteiger partial charge in [-0.15, -0.1) is 0 Å². The third-order valence-corrected chi connectivity index (χ3v) is 3.35. The Hall–Kier alpha value is -1.58. The number of ether oxygens (including phenoxy) is 1. The van der Waals surface area contributed by atoms with E-state index in [2.05, 4.69) is 17.2 Å². The van der Waals surface area contributed by atoms with Crippen LogP contribution in [-0.4, -0.2) is 11.5 Å². The summed E-state index contributed by atoms with van der Waals surface area (Å²) in [7, 11) is 0. The highest BCUT2D eigenvalue weighted by Gasteiger charge is 2.06. The van der Waals surface area contributed by atoms with E-state index in [0.29, 0.717) is 6.61 Å². The van der Waals surface area contributed by atoms with Crippen LogP contribution in [0.15, 0.2) is 36.4 Å². The van der Waals surface area contributed by atoms with Crippen LogP contribution in [0, 0.1) is 6.92 Å². The monoisotopic (exact) mass is 304 g/mol. The molecule has 0 aliphatic rings. The summed E-state index contributed by atoms with van der Waals surface area (Å²) in [6.07, 6.45) is 1.10. The van der Waals surface area contributed by atoms with Gasteiger partial charge < -0.3 is 10.1 Å². The van der Waals surface area contributed by atoms with E-state index < -0.39 is 0 Å². The fourth-order valence-electron chi connectivity index (χ4n) is 1.98. The van der Waals surface area contributed by atoms with Gasteiger partial charge in [0.05, 0.1) is 5.69 Å². The molecule has 2 rings (SSSR count). The van der Waals surface area contributed by atoms with Gasteiger partial charge in [-0.2, -0.15) is 0 Å². The highest BCUT2D eigenvalue weighted by molar-refractivity contribution is 6.30. The third-order valence-electron chi connectivity index (χ3n) is 3.10. The predicted molar refractivity (Wildman–Crippen MR) is 86.8 cm³/mol. The lowest BCUT2D eigenvalue weighted by atomic mass is 10.2. The van der Waals surface area contributed by atoms with Gasteiger partial charge in [0, 0.05) is 17.3 Å². The maximum absolute atomic E-state index is 5.90. The number of aryl methyl sites for hydroxylation is 1. The van der Waals surface area contributed by atoms with Crippen LogP contribution in [0.5, 0.6) is 5.75 Å². The van der Waals surface area contributed by atoms with Gasteiger partial charge >= 0.3 is 0 Å². The topological polar surface area (TPSA) is 34.2 Å². The average Bonchev–Trinajstić information content (AvgIpc) is 2.48. The second-order valence-corrected chi connectivity index (χ2v) is 5.43. The largest absolute Gasteiger partial charge is 0.487 e. The van der Waals surface area contributed by atoms with Gasteiger partial charge in [0.2, 0.25) is 0 Å². The van der Waals surface area contributed by atoms with E-state index in [0.717, 1.165) is 47.2 Å². The van der Waals surface area contributed by atoms with Gasteiger partial charge in [-0.1, -0.05) is 30.7 Å². The molecule has 0 aliphatic heterocycles. The molecule has 21 heavy (non-hydrogen) atoms. The smallest absolute Gasteiger partial charge is 0.142 e. The summed E-state index contributed by atoms with van der Waals surface area (Å²) >= 11 is 5.88. The Balaban J connectivity index is 2.02. The van der Waals surface area contributed by atoms with Crippen LogP contribution in [-0.2, 0) is 13.2 Å². The molecule has 0 saturated carbocycles. The maximum Gasteiger partial charge on any atom is 0.142 e. The lowest BCUT2D eigenvalue weighted by Crippen LogP contribution is -2.16. The zero-order chi connectivity index (χ0) is 15.1. The first-order valence-corrected chi connectivity index (χ1v) is 7.61. The number of benzene rings is 1.